The predicted octanol–water partition coefficient (Wildman–Crippen LogP) is 1.07. The average Bonchev–Trinajstić information content (AvgIpc) is 2.20. The number of carbonyl (C=O) groups is 2. The lowest BCUT2D eigenvalue weighted by Gasteiger charge is -2.25. The molecule has 0 saturated heterocycles. The van der Waals surface area contributed by atoms with E-state index in [0.29, 0.717) is 19.4 Å². The van der Waals surface area contributed by atoms with E-state index >= 15 is 0 Å². The molecule has 0 saturated carbocycles. The van der Waals surface area contributed by atoms with Crippen molar-refractivity contribution >= 4 is 11.9 Å². The van der Waals surface area contributed by atoms with Gasteiger partial charge in [-0.15, -0.1) is 0 Å². The van der Waals surface area contributed by atoms with Gasteiger partial charge in [0.2, 0.25) is 5.91 Å². The highest BCUT2D eigenvalue weighted by molar-refractivity contribution is 5.77. The number of carboxylic acid groups (broad SMARTS) is 1. The van der Waals surface area contributed by atoms with Gasteiger partial charge in [-0.25, -0.2) is 0 Å². The smallest absolute Gasteiger partial charge is 0.308 e. The van der Waals surface area contributed by atoms with Gasteiger partial charge < -0.3 is 15.7 Å². The van der Waals surface area contributed by atoms with Gasteiger partial charge in [-0.1, -0.05) is 6.92 Å². The standard InChI is InChI=1S/C12H24N2O3/c1-5-14(8-9(2)11(16)17)10(15)6-7-12(3,4)13/h9H,5-8,13H2,1-4H3,(H,16,17). The normalized spacial score (nSPS) is 13.2. The highest BCUT2D eigenvalue weighted by atomic mass is 16.4. The first-order valence-electron chi connectivity index (χ1n) is 5.97. The minimum Gasteiger partial charge on any atom is -0.481 e. The van der Waals surface area contributed by atoms with Crippen LogP contribution in [0.3, 0.4) is 0 Å². The summed E-state index contributed by atoms with van der Waals surface area (Å²) >= 11 is 0. The van der Waals surface area contributed by atoms with Crippen LogP contribution >= 0.6 is 0 Å². The molecule has 3 N–H and O–H groups in total. The fourth-order valence-corrected chi connectivity index (χ4v) is 1.40. The highest BCUT2D eigenvalue weighted by Crippen LogP contribution is 2.10. The number of rotatable bonds is 7. The third-order valence-corrected chi connectivity index (χ3v) is 2.63. The van der Waals surface area contributed by atoms with E-state index in [2.05, 4.69) is 0 Å². The zero-order valence-corrected chi connectivity index (χ0v) is 11.2. The second-order valence-corrected chi connectivity index (χ2v) is 5.16. The summed E-state index contributed by atoms with van der Waals surface area (Å²) in [6.07, 6.45) is 0.966. The first-order valence-corrected chi connectivity index (χ1v) is 5.97. The van der Waals surface area contributed by atoms with Crippen LogP contribution in [0.4, 0.5) is 0 Å². The zero-order valence-electron chi connectivity index (χ0n) is 11.2. The molecule has 0 aliphatic carbocycles. The van der Waals surface area contributed by atoms with E-state index in [0.717, 1.165) is 0 Å². The van der Waals surface area contributed by atoms with E-state index in [1.165, 1.54) is 0 Å². The van der Waals surface area contributed by atoms with Crippen molar-refractivity contribution in [3.63, 3.8) is 0 Å². The second-order valence-electron chi connectivity index (χ2n) is 5.16. The quantitative estimate of drug-likeness (QED) is 0.701. The lowest BCUT2D eigenvalue weighted by molar-refractivity contribution is -0.143. The number of aliphatic carboxylic acids is 1. The molecule has 1 unspecified atom stereocenters. The lowest BCUT2D eigenvalue weighted by atomic mass is 9.99. The van der Waals surface area contributed by atoms with Gasteiger partial charge in [0.05, 0.1) is 5.92 Å². The number of hydrogen-bond acceptors (Lipinski definition) is 3. The van der Waals surface area contributed by atoms with Crippen molar-refractivity contribution in [2.24, 2.45) is 11.7 Å². The third kappa shape index (κ3) is 6.94. The summed E-state index contributed by atoms with van der Waals surface area (Å²) < 4.78 is 0. The molecular weight excluding hydrogens is 220 g/mol. The molecule has 1 atom stereocenters. The van der Waals surface area contributed by atoms with E-state index in [1.54, 1.807) is 11.8 Å². The van der Waals surface area contributed by atoms with E-state index < -0.39 is 11.9 Å². The van der Waals surface area contributed by atoms with E-state index in [1.807, 2.05) is 20.8 Å². The SMILES string of the molecule is CCN(CC(C)C(=O)O)C(=O)CCC(C)(C)N. The molecule has 5 heteroatoms. The van der Waals surface area contributed by atoms with Crippen LogP contribution in [0.25, 0.3) is 0 Å². The average molecular weight is 244 g/mol. The Balaban J connectivity index is 4.27. The minimum absolute atomic E-state index is 0.0286. The molecule has 0 aliphatic heterocycles. The van der Waals surface area contributed by atoms with Gasteiger partial charge >= 0.3 is 5.97 Å². The van der Waals surface area contributed by atoms with Crippen LogP contribution < -0.4 is 5.73 Å². The Kier molecular flexibility index (Phi) is 6.16. The first-order chi connectivity index (χ1) is 7.67. The van der Waals surface area contributed by atoms with Crippen LogP contribution in [-0.4, -0.2) is 40.5 Å². The maximum Gasteiger partial charge on any atom is 0.308 e. The summed E-state index contributed by atoms with van der Waals surface area (Å²) in [5.74, 6) is -1.45. The number of amides is 1. The van der Waals surface area contributed by atoms with Gasteiger partial charge in [-0.3, -0.25) is 9.59 Å². The molecule has 100 valence electrons. The van der Waals surface area contributed by atoms with Crippen molar-refractivity contribution in [1.82, 2.24) is 4.90 Å². The summed E-state index contributed by atoms with van der Waals surface area (Å²) in [6, 6.07) is 0. The summed E-state index contributed by atoms with van der Waals surface area (Å²) in [7, 11) is 0. The molecule has 1 amide bonds. The summed E-state index contributed by atoms with van der Waals surface area (Å²) in [5.41, 5.74) is 5.44. The summed E-state index contributed by atoms with van der Waals surface area (Å²) in [5, 5.41) is 8.81. The Hall–Kier alpha value is -1.10. The Morgan fingerprint density at radius 1 is 1.41 bits per heavy atom. The molecule has 0 fully saturated rings. The topological polar surface area (TPSA) is 83.6 Å². The molecule has 0 spiro atoms. The molecule has 0 aliphatic rings. The number of carboxylic acids is 1. The molecule has 0 aromatic carbocycles. The maximum absolute atomic E-state index is 11.9. The number of nitrogens with two attached hydrogens (primary N) is 1. The van der Waals surface area contributed by atoms with Gasteiger partial charge in [-0.2, -0.15) is 0 Å². The van der Waals surface area contributed by atoms with Gasteiger partial charge in [-0.05, 0) is 27.2 Å². The van der Waals surface area contributed by atoms with Crippen LogP contribution in [-0.2, 0) is 9.59 Å². The number of nitrogens with zero attached hydrogens (tertiary/aromatic N) is 1. The van der Waals surface area contributed by atoms with Crippen molar-refractivity contribution in [2.45, 2.75) is 46.1 Å². The molecule has 5 nitrogen and oxygen atoms in total. The molecule has 17 heavy (non-hydrogen) atoms. The van der Waals surface area contributed by atoms with Crippen LogP contribution in [0.2, 0.25) is 0 Å². The summed E-state index contributed by atoms with van der Waals surface area (Å²) in [6.45, 7) is 7.98. The van der Waals surface area contributed by atoms with Crippen molar-refractivity contribution in [3.8, 4) is 0 Å². The van der Waals surface area contributed by atoms with Crippen LogP contribution in [0, 0.1) is 5.92 Å². The molecule has 0 heterocycles. The molecule has 0 bridgehead atoms. The van der Waals surface area contributed by atoms with E-state index in [-0.39, 0.29) is 18.0 Å². The zero-order chi connectivity index (χ0) is 13.6. The maximum atomic E-state index is 11.9. The monoisotopic (exact) mass is 244 g/mol. The van der Waals surface area contributed by atoms with E-state index in [9.17, 15) is 9.59 Å². The van der Waals surface area contributed by atoms with Crippen molar-refractivity contribution in [2.75, 3.05) is 13.1 Å². The molecule has 0 aromatic heterocycles. The van der Waals surface area contributed by atoms with Crippen molar-refractivity contribution < 1.29 is 14.7 Å². The number of carbonyl (C=O) groups excluding carboxylic acids is 1. The van der Waals surface area contributed by atoms with Crippen LogP contribution in [0.15, 0.2) is 0 Å². The molecule has 0 aromatic rings. The number of hydrogen-bond donors (Lipinski definition) is 2. The van der Waals surface area contributed by atoms with Gasteiger partial charge in [0.1, 0.15) is 0 Å². The highest BCUT2D eigenvalue weighted by Gasteiger charge is 2.21. The molecular formula is C12H24N2O3. The van der Waals surface area contributed by atoms with E-state index in [4.69, 9.17) is 10.8 Å². The third-order valence-electron chi connectivity index (χ3n) is 2.63. The Morgan fingerprint density at radius 2 is 1.94 bits per heavy atom. The van der Waals surface area contributed by atoms with Gasteiger partial charge in [0, 0.05) is 25.0 Å². The van der Waals surface area contributed by atoms with Gasteiger partial charge in [0.25, 0.3) is 0 Å². The molecule has 0 rings (SSSR count). The van der Waals surface area contributed by atoms with Crippen molar-refractivity contribution in [3.05, 3.63) is 0 Å². The van der Waals surface area contributed by atoms with Crippen LogP contribution in [0.5, 0.6) is 0 Å². The predicted molar refractivity (Wildman–Crippen MR) is 66.6 cm³/mol. The van der Waals surface area contributed by atoms with Gasteiger partial charge in [0.15, 0.2) is 0 Å². The van der Waals surface area contributed by atoms with Crippen LogP contribution in [0.1, 0.15) is 40.5 Å². The summed E-state index contributed by atoms with van der Waals surface area (Å²) in [4.78, 5) is 24.2. The fourth-order valence-electron chi connectivity index (χ4n) is 1.40. The molecule has 0 radical (unpaired) electrons. The Labute approximate surface area is 103 Å². The first kappa shape index (κ1) is 15.9. The minimum atomic E-state index is -0.879. The Morgan fingerprint density at radius 3 is 2.29 bits per heavy atom. The largest absolute Gasteiger partial charge is 0.481 e. The van der Waals surface area contributed by atoms with Crippen molar-refractivity contribution in [1.29, 1.82) is 0 Å². The lowest BCUT2D eigenvalue weighted by Crippen LogP contribution is -2.39. The Bertz CT molecular complexity index is 271. The second kappa shape index (κ2) is 6.59. The fraction of sp³-hybridized carbons (Fsp3) is 0.833.